The summed E-state index contributed by atoms with van der Waals surface area (Å²) in [5.41, 5.74) is 4.05. The van der Waals surface area contributed by atoms with Gasteiger partial charge in [-0.2, -0.15) is 0 Å². The Labute approximate surface area is 158 Å². The van der Waals surface area contributed by atoms with E-state index in [-0.39, 0.29) is 11.8 Å². The molecule has 0 unspecified atom stereocenters. The molecule has 6 nitrogen and oxygen atoms in total. The van der Waals surface area contributed by atoms with E-state index in [0.29, 0.717) is 38.2 Å². The van der Waals surface area contributed by atoms with Crippen LogP contribution in [0.2, 0.25) is 0 Å². The highest BCUT2D eigenvalue weighted by Crippen LogP contribution is 2.25. The Morgan fingerprint density at radius 2 is 1.74 bits per heavy atom. The monoisotopic (exact) mass is 364 g/mol. The number of aryl methyl sites for hydroxylation is 1. The van der Waals surface area contributed by atoms with Crippen LogP contribution in [0.15, 0.2) is 42.7 Å². The van der Waals surface area contributed by atoms with Gasteiger partial charge in [0.25, 0.3) is 5.91 Å². The highest BCUT2D eigenvalue weighted by atomic mass is 16.2. The zero-order valence-electron chi connectivity index (χ0n) is 15.7. The van der Waals surface area contributed by atoms with Crippen LogP contribution in [0.4, 0.5) is 0 Å². The number of H-pyrrole nitrogens is 1. The van der Waals surface area contributed by atoms with Gasteiger partial charge in [0.1, 0.15) is 0 Å². The summed E-state index contributed by atoms with van der Waals surface area (Å²) in [4.78, 5) is 31.9. The van der Waals surface area contributed by atoms with Gasteiger partial charge < -0.3 is 19.4 Å². The molecule has 2 amide bonds. The largest absolute Gasteiger partial charge is 0.367 e. The Hall–Kier alpha value is -3.02. The van der Waals surface area contributed by atoms with Gasteiger partial charge in [0.05, 0.1) is 12.0 Å². The van der Waals surface area contributed by atoms with Crippen molar-refractivity contribution in [3.63, 3.8) is 0 Å². The second kappa shape index (κ2) is 6.95. The Morgan fingerprint density at radius 1 is 1.04 bits per heavy atom. The number of rotatable bonds is 3. The van der Waals surface area contributed by atoms with Crippen molar-refractivity contribution in [3.05, 3.63) is 59.5 Å². The van der Waals surface area contributed by atoms with Crippen molar-refractivity contribution in [2.24, 2.45) is 7.05 Å². The molecule has 1 saturated heterocycles. The molecule has 140 valence electrons. The van der Waals surface area contributed by atoms with Crippen LogP contribution >= 0.6 is 0 Å². The van der Waals surface area contributed by atoms with E-state index in [4.69, 9.17) is 0 Å². The minimum Gasteiger partial charge on any atom is -0.367 e. The van der Waals surface area contributed by atoms with Gasteiger partial charge in [0.2, 0.25) is 5.91 Å². The molecule has 27 heavy (non-hydrogen) atoms. The van der Waals surface area contributed by atoms with Crippen molar-refractivity contribution < 1.29 is 9.59 Å². The summed E-state index contributed by atoms with van der Waals surface area (Å²) in [6.45, 7) is 4.38. The quantitative estimate of drug-likeness (QED) is 0.775. The Balaban J connectivity index is 1.43. The maximum Gasteiger partial charge on any atom is 0.255 e. The lowest BCUT2D eigenvalue weighted by atomic mass is 10.1. The predicted octanol–water partition coefficient (Wildman–Crippen LogP) is 2.34. The molecule has 1 fully saturated rings. The second-order valence-corrected chi connectivity index (χ2v) is 7.09. The van der Waals surface area contributed by atoms with Crippen LogP contribution in [-0.4, -0.2) is 57.3 Å². The Bertz CT molecular complexity index is 979. The Kier molecular flexibility index (Phi) is 4.48. The first-order valence-electron chi connectivity index (χ1n) is 9.29. The molecule has 1 aliphatic rings. The standard InChI is InChI=1S/C21H24N4O2/c1-15-18(17-5-3-4-6-19(17)23(15)2)13-20(26)24-9-11-25(12-10-24)21(27)16-7-8-22-14-16/h3-8,14,22H,9-13H2,1-2H3. The van der Waals surface area contributed by atoms with Gasteiger partial charge >= 0.3 is 0 Å². The number of nitrogens with zero attached hydrogens (tertiary/aromatic N) is 3. The molecule has 6 heteroatoms. The summed E-state index contributed by atoms with van der Waals surface area (Å²) >= 11 is 0. The minimum absolute atomic E-state index is 0.0215. The van der Waals surface area contributed by atoms with Crippen LogP contribution in [0.3, 0.4) is 0 Å². The maximum atomic E-state index is 12.9. The second-order valence-electron chi connectivity index (χ2n) is 7.09. The van der Waals surface area contributed by atoms with E-state index in [1.54, 1.807) is 18.5 Å². The number of carbonyl (C=O) groups excluding carboxylic acids is 2. The van der Waals surface area contributed by atoms with Crippen LogP contribution in [0.5, 0.6) is 0 Å². The molecule has 0 spiro atoms. The summed E-state index contributed by atoms with van der Waals surface area (Å²) in [6.07, 6.45) is 3.86. The maximum absolute atomic E-state index is 12.9. The van der Waals surface area contributed by atoms with Gasteiger partial charge in [-0.1, -0.05) is 18.2 Å². The number of piperazine rings is 1. The van der Waals surface area contributed by atoms with Crippen LogP contribution in [0.25, 0.3) is 10.9 Å². The van der Waals surface area contributed by atoms with Crippen LogP contribution in [-0.2, 0) is 18.3 Å². The van der Waals surface area contributed by atoms with Crippen molar-refractivity contribution in [3.8, 4) is 0 Å². The first-order chi connectivity index (χ1) is 13.1. The fraction of sp³-hybridized carbons (Fsp3) is 0.333. The number of hydrogen-bond acceptors (Lipinski definition) is 2. The van der Waals surface area contributed by atoms with Gasteiger partial charge in [-0.3, -0.25) is 9.59 Å². The molecule has 0 bridgehead atoms. The first kappa shape index (κ1) is 17.4. The number of aromatic nitrogens is 2. The number of benzene rings is 1. The smallest absolute Gasteiger partial charge is 0.255 e. The third kappa shape index (κ3) is 3.12. The van der Waals surface area contributed by atoms with E-state index in [2.05, 4.69) is 28.6 Å². The molecule has 3 aromatic rings. The lowest BCUT2D eigenvalue weighted by Crippen LogP contribution is -2.51. The summed E-state index contributed by atoms with van der Waals surface area (Å²) in [6, 6.07) is 9.98. The van der Waals surface area contributed by atoms with Crippen LogP contribution in [0.1, 0.15) is 21.6 Å². The van der Waals surface area contributed by atoms with E-state index in [1.165, 1.54) is 0 Å². The fourth-order valence-electron chi connectivity index (χ4n) is 3.88. The number of hydrogen-bond donors (Lipinski definition) is 1. The van der Waals surface area contributed by atoms with Gasteiger partial charge in [-0.15, -0.1) is 0 Å². The number of para-hydroxylation sites is 1. The summed E-state index contributed by atoms with van der Waals surface area (Å²) in [5, 5.41) is 1.15. The average Bonchev–Trinajstić information content (AvgIpc) is 3.32. The highest BCUT2D eigenvalue weighted by Gasteiger charge is 2.26. The lowest BCUT2D eigenvalue weighted by molar-refractivity contribution is -0.131. The van der Waals surface area contributed by atoms with Crippen molar-refractivity contribution in [1.82, 2.24) is 19.4 Å². The Morgan fingerprint density at radius 3 is 2.44 bits per heavy atom. The molecule has 0 atom stereocenters. The predicted molar refractivity (Wildman–Crippen MR) is 105 cm³/mol. The van der Waals surface area contributed by atoms with Crippen molar-refractivity contribution in [1.29, 1.82) is 0 Å². The summed E-state index contributed by atoms with van der Waals surface area (Å²) in [5.74, 6) is 0.149. The summed E-state index contributed by atoms with van der Waals surface area (Å²) in [7, 11) is 2.04. The first-order valence-corrected chi connectivity index (χ1v) is 9.29. The molecule has 1 aromatic carbocycles. The van der Waals surface area contributed by atoms with E-state index in [0.717, 1.165) is 22.2 Å². The average molecular weight is 364 g/mol. The zero-order valence-corrected chi connectivity index (χ0v) is 15.7. The molecular formula is C21H24N4O2. The van der Waals surface area contributed by atoms with Gasteiger partial charge in [-0.05, 0) is 24.6 Å². The SMILES string of the molecule is Cc1c(CC(=O)N2CCN(C(=O)c3cc[nH]c3)CC2)c2ccccc2n1C. The molecule has 0 aliphatic carbocycles. The highest BCUT2D eigenvalue weighted by molar-refractivity contribution is 5.94. The molecule has 1 N–H and O–H groups in total. The van der Waals surface area contributed by atoms with Gasteiger partial charge in [0.15, 0.2) is 0 Å². The number of aromatic amines is 1. The minimum atomic E-state index is 0.0215. The molecular weight excluding hydrogens is 340 g/mol. The van der Waals surface area contributed by atoms with Crippen LogP contribution in [0, 0.1) is 6.92 Å². The van der Waals surface area contributed by atoms with Gasteiger partial charge in [-0.25, -0.2) is 0 Å². The van der Waals surface area contributed by atoms with E-state index in [9.17, 15) is 9.59 Å². The number of fused-ring (bicyclic) bond motifs is 1. The number of nitrogens with one attached hydrogen (secondary N) is 1. The molecule has 2 aromatic heterocycles. The van der Waals surface area contributed by atoms with Crippen molar-refractivity contribution in [2.45, 2.75) is 13.3 Å². The lowest BCUT2D eigenvalue weighted by Gasteiger charge is -2.34. The number of carbonyl (C=O) groups is 2. The molecule has 3 heterocycles. The molecule has 0 radical (unpaired) electrons. The normalized spacial score (nSPS) is 14.7. The van der Waals surface area contributed by atoms with Crippen molar-refractivity contribution in [2.75, 3.05) is 26.2 Å². The topological polar surface area (TPSA) is 61.3 Å². The fourth-order valence-corrected chi connectivity index (χ4v) is 3.88. The van der Waals surface area contributed by atoms with Crippen molar-refractivity contribution >= 4 is 22.7 Å². The molecule has 0 saturated carbocycles. The molecule has 1 aliphatic heterocycles. The van der Waals surface area contributed by atoms with E-state index < -0.39 is 0 Å². The van der Waals surface area contributed by atoms with E-state index in [1.807, 2.05) is 29.0 Å². The van der Waals surface area contributed by atoms with E-state index >= 15 is 0 Å². The van der Waals surface area contributed by atoms with Gasteiger partial charge in [0, 0.05) is 62.2 Å². The zero-order chi connectivity index (χ0) is 19.0. The third-order valence-electron chi connectivity index (χ3n) is 5.62. The third-order valence-corrected chi connectivity index (χ3v) is 5.62. The summed E-state index contributed by atoms with van der Waals surface area (Å²) < 4.78 is 2.14. The van der Waals surface area contributed by atoms with Crippen LogP contribution < -0.4 is 0 Å². The number of amides is 2. The molecule has 4 rings (SSSR count).